The summed E-state index contributed by atoms with van der Waals surface area (Å²) < 4.78 is 34.3. The highest BCUT2D eigenvalue weighted by atomic mass is 31.2. The molecule has 2 N–H and O–H groups in total. The van der Waals surface area contributed by atoms with Crippen LogP contribution >= 0.6 is 7.82 Å². The van der Waals surface area contributed by atoms with Crippen LogP contribution in [-0.2, 0) is 41.1 Å². The van der Waals surface area contributed by atoms with Gasteiger partial charge in [-0.1, -0.05) is 18.2 Å². The molecule has 0 spiro atoms. The fourth-order valence-corrected chi connectivity index (χ4v) is 4.26. The standard InChI is InChI=1S/C17H23N2O6P/c1-3-23-26(21)24-11-13(25-26)10-22-17(20)15(18)8-12-9-19(2)16-7-5-4-6-14(12)16/h4-7,9,13,15H,3,8,10-11,18H2,1-2H3. The van der Waals surface area contributed by atoms with Gasteiger partial charge in [0.15, 0.2) is 0 Å². The Morgan fingerprint density at radius 2 is 2.23 bits per heavy atom. The van der Waals surface area contributed by atoms with Crippen LogP contribution in [0.25, 0.3) is 10.9 Å². The molecule has 1 aromatic heterocycles. The number of phosphoric ester groups is 1. The van der Waals surface area contributed by atoms with Crippen LogP contribution in [0.2, 0.25) is 0 Å². The predicted molar refractivity (Wildman–Crippen MR) is 95.6 cm³/mol. The fourth-order valence-electron chi connectivity index (χ4n) is 2.91. The molecule has 3 rings (SSSR count). The Morgan fingerprint density at radius 1 is 1.46 bits per heavy atom. The van der Waals surface area contributed by atoms with Crippen molar-refractivity contribution in [2.24, 2.45) is 12.8 Å². The first-order valence-corrected chi connectivity index (χ1v) is 9.90. The third-order valence-electron chi connectivity index (χ3n) is 4.12. The number of esters is 1. The number of aryl methyl sites for hydroxylation is 1. The molecule has 26 heavy (non-hydrogen) atoms. The number of nitrogens with zero attached hydrogens (tertiary/aromatic N) is 1. The molecule has 0 bridgehead atoms. The molecule has 9 heteroatoms. The lowest BCUT2D eigenvalue weighted by Crippen LogP contribution is -2.36. The molecule has 3 unspecified atom stereocenters. The van der Waals surface area contributed by atoms with E-state index in [0.717, 1.165) is 16.5 Å². The molecule has 0 aliphatic carbocycles. The third kappa shape index (κ3) is 4.16. The van der Waals surface area contributed by atoms with E-state index in [1.54, 1.807) is 6.92 Å². The molecule has 1 saturated heterocycles. The minimum absolute atomic E-state index is 0.0448. The quantitative estimate of drug-likeness (QED) is 0.578. The lowest BCUT2D eigenvalue weighted by Gasteiger charge is -2.14. The summed E-state index contributed by atoms with van der Waals surface area (Å²) in [6.07, 6.45) is 1.70. The number of nitrogens with two attached hydrogens (primary N) is 1. The van der Waals surface area contributed by atoms with Gasteiger partial charge < -0.3 is 15.0 Å². The van der Waals surface area contributed by atoms with E-state index >= 15 is 0 Å². The number of phosphoric acid groups is 1. The van der Waals surface area contributed by atoms with E-state index in [1.807, 2.05) is 42.1 Å². The molecular formula is C17H23N2O6P. The maximum absolute atomic E-state index is 12.2. The van der Waals surface area contributed by atoms with Crippen molar-refractivity contribution in [1.29, 1.82) is 0 Å². The van der Waals surface area contributed by atoms with E-state index in [0.29, 0.717) is 6.42 Å². The van der Waals surface area contributed by atoms with Crippen LogP contribution in [0.15, 0.2) is 30.5 Å². The van der Waals surface area contributed by atoms with Gasteiger partial charge in [-0.25, -0.2) is 4.57 Å². The molecule has 8 nitrogen and oxygen atoms in total. The predicted octanol–water partition coefficient (Wildman–Crippen LogP) is 2.15. The Labute approximate surface area is 151 Å². The lowest BCUT2D eigenvalue weighted by molar-refractivity contribution is -0.147. The van der Waals surface area contributed by atoms with E-state index in [1.165, 1.54) is 0 Å². The second kappa shape index (κ2) is 7.90. The summed E-state index contributed by atoms with van der Waals surface area (Å²) in [7, 11) is -1.57. The monoisotopic (exact) mass is 382 g/mol. The normalized spacial score (nSPS) is 24.0. The largest absolute Gasteiger partial charge is 0.475 e. The summed E-state index contributed by atoms with van der Waals surface area (Å²) in [5.41, 5.74) is 8.06. The van der Waals surface area contributed by atoms with Crippen LogP contribution in [0, 0.1) is 0 Å². The van der Waals surface area contributed by atoms with Crippen molar-refractivity contribution >= 4 is 24.7 Å². The first kappa shape index (κ1) is 19.1. The number of hydrogen-bond donors (Lipinski definition) is 1. The van der Waals surface area contributed by atoms with Crippen molar-refractivity contribution in [3.05, 3.63) is 36.0 Å². The third-order valence-corrected chi connectivity index (χ3v) is 5.71. The maximum atomic E-state index is 12.2. The SMILES string of the molecule is CCOP1(=O)OCC(COC(=O)C(N)Cc2cn(C)c3ccccc23)O1. The van der Waals surface area contributed by atoms with Crippen LogP contribution in [-0.4, -0.2) is 42.5 Å². The molecule has 1 fully saturated rings. The zero-order chi connectivity index (χ0) is 18.7. The minimum Gasteiger partial charge on any atom is -0.462 e. The van der Waals surface area contributed by atoms with Crippen LogP contribution in [0.5, 0.6) is 0 Å². The Balaban J connectivity index is 1.54. The van der Waals surface area contributed by atoms with Gasteiger partial charge in [-0.15, -0.1) is 0 Å². The van der Waals surface area contributed by atoms with Crippen LogP contribution < -0.4 is 5.73 Å². The van der Waals surface area contributed by atoms with E-state index in [2.05, 4.69) is 0 Å². The van der Waals surface area contributed by atoms with Gasteiger partial charge in [-0.05, 0) is 18.6 Å². The average Bonchev–Trinajstić information content (AvgIpc) is 3.14. The van der Waals surface area contributed by atoms with Crippen molar-refractivity contribution in [2.75, 3.05) is 19.8 Å². The zero-order valence-corrected chi connectivity index (χ0v) is 15.7. The van der Waals surface area contributed by atoms with Crippen LogP contribution in [0.1, 0.15) is 12.5 Å². The van der Waals surface area contributed by atoms with Crippen molar-refractivity contribution in [2.45, 2.75) is 25.5 Å². The molecule has 1 aromatic carbocycles. The highest BCUT2D eigenvalue weighted by molar-refractivity contribution is 7.48. The number of carbonyl (C=O) groups excluding carboxylic acids is 1. The Morgan fingerprint density at radius 3 is 3.00 bits per heavy atom. The number of ether oxygens (including phenoxy) is 1. The fraction of sp³-hybridized carbons (Fsp3) is 0.471. The molecule has 1 aliphatic heterocycles. The zero-order valence-electron chi connectivity index (χ0n) is 14.8. The summed E-state index contributed by atoms with van der Waals surface area (Å²) in [6.45, 7) is 1.86. The van der Waals surface area contributed by atoms with Crippen LogP contribution in [0.4, 0.5) is 0 Å². The highest BCUT2D eigenvalue weighted by Gasteiger charge is 2.39. The van der Waals surface area contributed by atoms with Crippen molar-refractivity contribution in [3.8, 4) is 0 Å². The van der Waals surface area contributed by atoms with Crippen LogP contribution in [0.3, 0.4) is 0 Å². The summed E-state index contributed by atoms with van der Waals surface area (Å²) >= 11 is 0. The van der Waals surface area contributed by atoms with Gasteiger partial charge in [0.2, 0.25) is 0 Å². The molecule has 2 aromatic rings. The summed E-state index contributed by atoms with van der Waals surface area (Å²) in [4.78, 5) is 12.2. The number of benzene rings is 1. The number of para-hydroxylation sites is 1. The van der Waals surface area contributed by atoms with E-state index in [4.69, 9.17) is 24.0 Å². The Kier molecular flexibility index (Phi) is 5.79. The van der Waals surface area contributed by atoms with Gasteiger partial charge in [0, 0.05) is 30.6 Å². The molecule has 142 valence electrons. The molecule has 0 saturated carbocycles. The van der Waals surface area contributed by atoms with E-state index in [-0.39, 0.29) is 19.8 Å². The van der Waals surface area contributed by atoms with Gasteiger partial charge in [0.05, 0.1) is 13.2 Å². The van der Waals surface area contributed by atoms with Gasteiger partial charge >= 0.3 is 13.8 Å². The summed E-state index contributed by atoms with van der Waals surface area (Å²) in [5, 5.41) is 1.06. The lowest BCUT2D eigenvalue weighted by atomic mass is 10.1. The van der Waals surface area contributed by atoms with Gasteiger partial charge in [0.1, 0.15) is 18.8 Å². The Hall–Kier alpha value is -1.70. The molecule has 2 heterocycles. The molecule has 0 amide bonds. The topological polar surface area (TPSA) is 102 Å². The molecular weight excluding hydrogens is 359 g/mol. The minimum atomic E-state index is -3.51. The number of aromatic nitrogens is 1. The summed E-state index contributed by atoms with van der Waals surface area (Å²) in [6, 6.07) is 7.12. The number of rotatable bonds is 7. The van der Waals surface area contributed by atoms with Crippen molar-refractivity contribution < 1.29 is 27.7 Å². The van der Waals surface area contributed by atoms with Gasteiger partial charge in [0.25, 0.3) is 0 Å². The molecule has 3 atom stereocenters. The first-order chi connectivity index (χ1) is 12.4. The summed E-state index contributed by atoms with van der Waals surface area (Å²) in [5.74, 6) is -0.542. The van der Waals surface area contributed by atoms with Crippen molar-refractivity contribution in [3.63, 3.8) is 0 Å². The maximum Gasteiger partial charge on any atom is 0.475 e. The smallest absolute Gasteiger partial charge is 0.462 e. The second-order valence-electron chi connectivity index (χ2n) is 6.11. The average molecular weight is 382 g/mol. The Bertz CT molecular complexity index is 836. The molecule has 0 radical (unpaired) electrons. The highest BCUT2D eigenvalue weighted by Crippen LogP contribution is 2.54. The second-order valence-corrected chi connectivity index (χ2v) is 7.73. The van der Waals surface area contributed by atoms with Crippen molar-refractivity contribution in [1.82, 2.24) is 4.57 Å². The number of hydrogen-bond acceptors (Lipinski definition) is 7. The first-order valence-electron chi connectivity index (χ1n) is 8.44. The number of fused-ring (bicyclic) bond motifs is 1. The number of carbonyl (C=O) groups is 1. The van der Waals surface area contributed by atoms with E-state index in [9.17, 15) is 9.36 Å². The van der Waals surface area contributed by atoms with Gasteiger partial charge in [-0.3, -0.25) is 18.4 Å². The molecule has 1 aliphatic rings. The van der Waals surface area contributed by atoms with Gasteiger partial charge in [-0.2, -0.15) is 0 Å². The van der Waals surface area contributed by atoms with E-state index < -0.39 is 25.9 Å².